The molecule has 2 N–H and O–H groups in total. The molecule has 1 saturated heterocycles. The van der Waals surface area contributed by atoms with Gasteiger partial charge in [0, 0.05) is 11.1 Å². The fourth-order valence-electron chi connectivity index (χ4n) is 2.53. The standard InChI is InChI=1S/C13H11BrN4O3/c14-6-4-7(10-8(5-6)15-13(19)16-10)12-17-11(18-21-12)9-2-1-3-20-9/h4-5,9H,1-3H2,(H2,15,16,19). The number of halogens is 1. The van der Waals surface area contributed by atoms with Crippen molar-refractivity contribution in [2.45, 2.75) is 18.9 Å². The van der Waals surface area contributed by atoms with Gasteiger partial charge in [0.15, 0.2) is 0 Å². The summed E-state index contributed by atoms with van der Waals surface area (Å²) in [6.45, 7) is 0.723. The Hall–Kier alpha value is -1.93. The van der Waals surface area contributed by atoms with Gasteiger partial charge < -0.3 is 19.2 Å². The van der Waals surface area contributed by atoms with Crippen LogP contribution in [-0.2, 0) is 4.74 Å². The second-order valence-electron chi connectivity index (χ2n) is 4.91. The summed E-state index contributed by atoms with van der Waals surface area (Å²) in [7, 11) is 0. The highest BCUT2D eigenvalue weighted by Crippen LogP contribution is 2.31. The molecule has 0 aliphatic carbocycles. The van der Waals surface area contributed by atoms with E-state index in [0.717, 1.165) is 23.9 Å². The van der Waals surface area contributed by atoms with Gasteiger partial charge in [0.1, 0.15) is 6.10 Å². The summed E-state index contributed by atoms with van der Waals surface area (Å²) >= 11 is 3.41. The predicted octanol–water partition coefficient (Wildman–Crippen LogP) is 2.52. The second-order valence-corrected chi connectivity index (χ2v) is 5.83. The van der Waals surface area contributed by atoms with E-state index in [1.807, 2.05) is 12.1 Å². The highest BCUT2D eigenvalue weighted by Gasteiger charge is 2.24. The molecule has 7 nitrogen and oxygen atoms in total. The van der Waals surface area contributed by atoms with Crippen LogP contribution in [0.1, 0.15) is 24.8 Å². The summed E-state index contributed by atoms with van der Waals surface area (Å²) in [5.74, 6) is 0.913. The van der Waals surface area contributed by atoms with Gasteiger partial charge in [0.2, 0.25) is 5.82 Å². The van der Waals surface area contributed by atoms with Gasteiger partial charge in [-0.1, -0.05) is 21.1 Å². The minimum atomic E-state index is -0.275. The van der Waals surface area contributed by atoms with Crippen LogP contribution in [0.15, 0.2) is 25.9 Å². The molecule has 0 bridgehead atoms. The minimum absolute atomic E-state index is 0.101. The van der Waals surface area contributed by atoms with Gasteiger partial charge in [-0.15, -0.1) is 0 Å². The molecule has 2 aromatic heterocycles. The molecule has 1 atom stereocenters. The number of hydrogen-bond acceptors (Lipinski definition) is 5. The van der Waals surface area contributed by atoms with E-state index in [1.54, 1.807) is 0 Å². The molecule has 1 aliphatic heterocycles. The molecule has 4 rings (SSSR count). The van der Waals surface area contributed by atoms with Gasteiger partial charge in [0.05, 0.1) is 16.6 Å². The van der Waals surface area contributed by atoms with E-state index >= 15 is 0 Å². The molecule has 0 saturated carbocycles. The zero-order valence-corrected chi connectivity index (χ0v) is 12.4. The highest BCUT2D eigenvalue weighted by molar-refractivity contribution is 9.10. The van der Waals surface area contributed by atoms with E-state index in [4.69, 9.17) is 9.26 Å². The first-order valence-corrected chi connectivity index (χ1v) is 7.37. The SMILES string of the molecule is O=c1[nH]c2cc(Br)cc(-c3nc(C4CCCO4)no3)c2[nH]1. The van der Waals surface area contributed by atoms with Crippen molar-refractivity contribution < 1.29 is 9.26 Å². The number of benzene rings is 1. The average molecular weight is 351 g/mol. The molecular weight excluding hydrogens is 340 g/mol. The maximum absolute atomic E-state index is 11.5. The van der Waals surface area contributed by atoms with Crippen LogP contribution in [0.2, 0.25) is 0 Å². The molecule has 1 unspecified atom stereocenters. The van der Waals surface area contributed by atoms with Crippen LogP contribution in [0.5, 0.6) is 0 Å². The zero-order valence-electron chi connectivity index (χ0n) is 10.9. The van der Waals surface area contributed by atoms with E-state index in [9.17, 15) is 4.79 Å². The maximum atomic E-state index is 11.5. The summed E-state index contributed by atoms with van der Waals surface area (Å²) in [5.41, 5.74) is 1.73. The van der Waals surface area contributed by atoms with Crippen molar-refractivity contribution in [3.8, 4) is 11.5 Å². The van der Waals surface area contributed by atoms with Gasteiger partial charge in [-0.05, 0) is 25.0 Å². The topological polar surface area (TPSA) is 96.8 Å². The average Bonchev–Trinajstić information content (AvgIpc) is 3.16. The number of aromatic amines is 2. The first-order valence-electron chi connectivity index (χ1n) is 6.58. The van der Waals surface area contributed by atoms with Crippen molar-refractivity contribution in [1.29, 1.82) is 0 Å². The Morgan fingerprint density at radius 3 is 3.05 bits per heavy atom. The summed E-state index contributed by atoms with van der Waals surface area (Å²) in [6.07, 6.45) is 1.80. The van der Waals surface area contributed by atoms with Crippen LogP contribution in [0, 0.1) is 0 Å². The summed E-state index contributed by atoms with van der Waals surface area (Å²) in [4.78, 5) is 21.3. The fourth-order valence-corrected chi connectivity index (χ4v) is 2.99. The van der Waals surface area contributed by atoms with Gasteiger partial charge in [0.25, 0.3) is 5.89 Å². The van der Waals surface area contributed by atoms with E-state index in [-0.39, 0.29) is 11.8 Å². The Morgan fingerprint density at radius 1 is 1.33 bits per heavy atom. The molecule has 0 radical (unpaired) electrons. The van der Waals surface area contributed by atoms with Crippen LogP contribution >= 0.6 is 15.9 Å². The Balaban J connectivity index is 1.84. The Kier molecular flexibility index (Phi) is 2.93. The third-order valence-corrected chi connectivity index (χ3v) is 3.94. The summed E-state index contributed by atoms with van der Waals surface area (Å²) in [6, 6.07) is 3.65. The molecule has 1 fully saturated rings. The molecule has 3 heterocycles. The number of nitrogens with one attached hydrogen (secondary N) is 2. The largest absolute Gasteiger partial charge is 0.370 e. The second kappa shape index (κ2) is 4.81. The van der Waals surface area contributed by atoms with Crippen molar-refractivity contribution in [3.05, 3.63) is 32.9 Å². The molecule has 108 valence electrons. The number of ether oxygens (including phenoxy) is 1. The minimum Gasteiger partial charge on any atom is -0.370 e. The number of hydrogen-bond donors (Lipinski definition) is 2. The molecule has 8 heteroatoms. The van der Waals surface area contributed by atoms with Crippen molar-refractivity contribution in [2.24, 2.45) is 0 Å². The smallest absolute Gasteiger partial charge is 0.323 e. The van der Waals surface area contributed by atoms with Crippen LogP contribution < -0.4 is 5.69 Å². The van der Waals surface area contributed by atoms with E-state index < -0.39 is 0 Å². The van der Waals surface area contributed by atoms with Crippen LogP contribution in [-0.4, -0.2) is 26.7 Å². The van der Waals surface area contributed by atoms with Crippen molar-refractivity contribution >= 4 is 27.0 Å². The fraction of sp³-hybridized carbons (Fsp3) is 0.308. The third kappa shape index (κ3) is 2.20. The van der Waals surface area contributed by atoms with E-state index in [0.29, 0.717) is 28.3 Å². The summed E-state index contributed by atoms with van der Waals surface area (Å²) < 4.78 is 11.7. The van der Waals surface area contributed by atoms with Crippen molar-refractivity contribution in [2.75, 3.05) is 6.61 Å². The lowest BCUT2D eigenvalue weighted by molar-refractivity contribution is 0.103. The summed E-state index contributed by atoms with van der Waals surface area (Å²) in [5, 5.41) is 3.99. The van der Waals surface area contributed by atoms with Gasteiger partial charge in [-0.25, -0.2) is 4.79 Å². The first kappa shape index (κ1) is 12.8. The maximum Gasteiger partial charge on any atom is 0.323 e. The highest BCUT2D eigenvalue weighted by atomic mass is 79.9. The van der Waals surface area contributed by atoms with Crippen molar-refractivity contribution in [1.82, 2.24) is 20.1 Å². The molecular formula is C13H11BrN4O3. The van der Waals surface area contributed by atoms with Crippen LogP contribution in [0.3, 0.4) is 0 Å². The third-order valence-electron chi connectivity index (χ3n) is 3.48. The molecule has 1 aromatic carbocycles. The Labute approximate surface area is 126 Å². The lowest BCUT2D eigenvalue weighted by atomic mass is 10.2. The molecule has 0 amide bonds. The van der Waals surface area contributed by atoms with Crippen LogP contribution in [0.25, 0.3) is 22.5 Å². The van der Waals surface area contributed by atoms with Crippen molar-refractivity contribution in [3.63, 3.8) is 0 Å². The predicted molar refractivity (Wildman–Crippen MR) is 77.8 cm³/mol. The zero-order chi connectivity index (χ0) is 14.4. The molecule has 1 aliphatic rings. The first-order chi connectivity index (χ1) is 10.2. The molecule has 3 aromatic rings. The lowest BCUT2D eigenvalue weighted by Gasteiger charge is -2.01. The number of H-pyrrole nitrogens is 2. The molecule has 21 heavy (non-hydrogen) atoms. The Morgan fingerprint density at radius 2 is 2.24 bits per heavy atom. The van der Waals surface area contributed by atoms with Gasteiger partial charge in [-0.3, -0.25) is 0 Å². The number of fused-ring (bicyclic) bond motifs is 1. The number of imidazole rings is 1. The normalized spacial score (nSPS) is 18.6. The van der Waals surface area contributed by atoms with E-state index in [2.05, 4.69) is 36.0 Å². The molecule has 0 spiro atoms. The van der Waals surface area contributed by atoms with Gasteiger partial charge in [-0.2, -0.15) is 4.98 Å². The van der Waals surface area contributed by atoms with Gasteiger partial charge >= 0.3 is 5.69 Å². The number of nitrogens with zero attached hydrogens (tertiary/aromatic N) is 2. The number of rotatable bonds is 2. The Bertz CT molecular complexity index is 860. The number of aromatic nitrogens is 4. The van der Waals surface area contributed by atoms with E-state index in [1.165, 1.54) is 0 Å². The van der Waals surface area contributed by atoms with Crippen LogP contribution in [0.4, 0.5) is 0 Å². The quantitative estimate of drug-likeness (QED) is 0.740. The monoisotopic (exact) mass is 350 g/mol. The lowest BCUT2D eigenvalue weighted by Crippen LogP contribution is -1.99.